The van der Waals surface area contributed by atoms with Crippen LogP contribution in [0.25, 0.3) is 0 Å². The van der Waals surface area contributed by atoms with Crippen molar-refractivity contribution in [3.63, 3.8) is 0 Å². The highest BCUT2D eigenvalue weighted by Gasteiger charge is 2.35. The zero-order valence-corrected chi connectivity index (χ0v) is 13.0. The summed E-state index contributed by atoms with van der Waals surface area (Å²) in [5.74, 6) is -0.642. The van der Waals surface area contributed by atoms with Crippen LogP contribution in [-0.2, 0) is 14.4 Å². The number of carbonyl (C=O) groups excluding carboxylic acids is 3. The summed E-state index contributed by atoms with van der Waals surface area (Å²) in [6.45, 7) is 8.67. The Morgan fingerprint density at radius 1 is 1.40 bits per heavy atom. The first-order valence-corrected chi connectivity index (χ1v) is 6.97. The van der Waals surface area contributed by atoms with Gasteiger partial charge in [0.2, 0.25) is 17.7 Å². The van der Waals surface area contributed by atoms with Gasteiger partial charge < -0.3 is 15.1 Å². The molecule has 0 radical (unpaired) electrons. The number of likely N-dealkylation sites (tertiary alicyclic amines) is 1. The van der Waals surface area contributed by atoms with E-state index in [1.165, 1.54) is 4.90 Å². The number of nitrogens with one attached hydrogen (secondary N) is 1. The summed E-state index contributed by atoms with van der Waals surface area (Å²) < 4.78 is 0. The molecule has 114 valence electrons. The molecule has 0 aromatic rings. The van der Waals surface area contributed by atoms with Crippen molar-refractivity contribution in [2.45, 2.75) is 39.7 Å². The molecule has 3 amide bonds. The standard InChI is InChI=1S/C14H25N3O3/c1-6-17-8-10(7-12(17)19)13(20)16(5)9-11(18)15-14(2,3)4/h10H,6-9H2,1-5H3,(H,15,18). The molecule has 1 unspecified atom stereocenters. The van der Waals surface area contributed by atoms with E-state index in [0.717, 1.165) is 0 Å². The Hall–Kier alpha value is -1.59. The van der Waals surface area contributed by atoms with Crippen LogP contribution in [0, 0.1) is 5.92 Å². The molecule has 1 fully saturated rings. The van der Waals surface area contributed by atoms with Crippen LogP contribution in [0.2, 0.25) is 0 Å². The fourth-order valence-corrected chi connectivity index (χ4v) is 2.31. The van der Waals surface area contributed by atoms with Crippen LogP contribution in [0.3, 0.4) is 0 Å². The maximum atomic E-state index is 12.2. The fourth-order valence-electron chi connectivity index (χ4n) is 2.31. The van der Waals surface area contributed by atoms with Crippen molar-refractivity contribution < 1.29 is 14.4 Å². The summed E-state index contributed by atoms with van der Waals surface area (Å²) in [6.07, 6.45) is 0.248. The topological polar surface area (TPSA) is 69.7 Å². The molecule has 1 heterocycles. The lowest BCUT2D eigenvalue weighted by Crippen LogP contribution is -2.47. The summed E-state index contributed by atoms with van der Waals surface area (Å²) in [5.41, 5.74) is -0.316. The predicted molar refractivity (Wildman–Crippen MR) is 75.9 cm³/mol. The van der Waals surface area contributed by atoms with Crippen molar-refractivity contribution in [1.82, 2.24) is 15.1 Å². The third-order valence-electron chi connectivity index (χ3n) is 3.22. The first-order valence-electron chi connectivity index (χ1n) is 6.97. The van der Waals surface area contributed by atoms with E-state index in [4.69, 9.17) is 0 Å². The monoisotopic (exact) mass is 283 g/mol. The van der Waals surface area contributed by atoms with Gasteiger partial charge in [-0.3, -0.25) is 14.4 Å². The zero-order chi connectivity index (χ0) is 15.5. The van der Waals surface area contributed by atoms with E-state index in [0.29, 0.717) is 13.1 Å². The molecule has 0 aromatic heterocycles. The number of likely N-dealkylation sites (N-methyl/N-ethyl adjacent to an activating group) is 1. The highest BCUT2D eigenvalue weighted by atomic mass is 16.2. The van der Waals surface area contributed by atoms with Crippen LogP contribution in [0.5, 0.6) is 0 Å². The summed E-state index contributed by atoms with van der Waals surface area (Å²) in [7, 11) is 1.60. The Balaban J connectivity index is 2.52. The second kappa shape index (κ2) is 6.24. The minimum atomic E-state index is -0.324. The highest BCUT2D eigenvalue weighted by molar-refractivity contribution is 5.91. The molecule has 1 aliphatic heterocycles. The highest BCUT2D eigenvalue weighted by Crippen LogP contribution is 2.19. The van der Waals surface area contributed by atoms with E-state index in [1.807, 2.05) is 27.7 Å². The molecule has 20 heavy (non-hydrogen) atoms. The first-order chi connectivity index (χ1) is 9.14. The average molecular weight is 283 g/mol. The third kappa shape index (κ3) is 4.51. The molecule has 1 atom stereocenters. The van der Waals surface area contributed by atoms with Crippen molar-refractivity contribution in [1.29, 1.82) is 0 Å². The molecule has 6 heteroatoms. The van der Waals surface area contributed by atoms with Gasteiger partial charge in [-0.05, 0) is 27.7 Å². The molecular formula is C14H25N3O3. The van der Waals surface area contributed by atoms with Gasteiger partial charge in [-0.25, -0.2) is 0 Å². The summed E-state index contributed by atoms with van der Waals surface area (Å²) in [5, 5.41) is 2.81. The molecule has 0 bridgehead atoms. The van der Waals surface area contributed by atoms with Crippen LogP contribution >= 0.6 is 0 Å². The Labute approximate surface area is 120 Å². The fraction of sp³-hybridized carbons (Fsp3) is 0.786. The Morgan fingerprint density at radius 2 is 2.00 bits per heavy atom. The second-order valence-electron chi connectivity index (χ2n) is 6.33. The van der Waals surface area contributed by atoms with E-state index in [1.54, 1.807) is 11.9 Å². The molecule has 1 aliphatic rings. The van der Waals surface area contributed by atoms with Crippen LogP contribution in [0.15, 0.2) is 0 Å². The molecule has 0 aromatic carbocycles. The number of rotatable bonds is 4. The molecule has 1 saturated heterocycles. The second-order valence-corrected chi connectivity index (χ2v) is 6.33. The summed E-state index contributed by atoms with van der Waals surface area (Å²) >= 11 is 0. The van der Waals surface area contributed by atoms with Crippen molar-refractivity contribution in [2.75, 3.05) is 26.7 Å². The van der Waals surface area contributed by atoms with E-state index >= 15 is 0 Å². The van der Waals surface area contributed by atoms with E-state index in [-0.39, 0.29) is 42.1 Å². The number of nitrogens with zero attached hydrogens (tertiary/aromatic N) is 2. The smallest absolute Gasteiger partial charge is 0.240 e. The van der Waals surface area contributed by atoms with Gasteiger partial charge in [0.1, 0.15) is 0 Å². The van der Waals surface area contributed by atoms with Gasteiger partial charge in [-0.15, -0.1) is 0 Å². The first kappa shape index (κ1) is 16.5. The lowest BCUT2D eigenvalue weighted by atomic mass is 10.1. The van der Waals surface area contributed by atoms with E-state index in [9.17, 15) is 14.4 Å². The molecule has 1 rings (SSSR count). The van der Waals surface area contributed by atoms with Gasteiger partial charge >= 0.3 is 0 Å². The quantitative estimate of drug-likeness (QED) is 0.803. The van der Waals surface area contributed by atoms with E-state index in [2.05, 4.69) is 5.32 Å². The van der Waals surface area contributed by atoms with Crippen molar-refractivity contribution >= 4 is 17.7 Å². The minimum Gasteiger partial charge on any atom is -0.350 e. The van der Waals surface area contributed by atoms with Crippen molar-refractivity contribution in [3.8, 4) is 0 Å². The third-order valence-corrected chi connectivity index (χ3v) is 3.22. The lowest BCUT2D eigenvalue weighted by Gasteiger charge is -2.24. The lowest BCUT2D eigenvalue weighted by molar-refractivity contribution is -0.138. The minimum absolute atomic E-state index is 0.0124. The molecule has 6 nitrogen and oxygen atoms in total. The van der Waals surface area contributed by atoms with Gasteiger partial charge in [-0.1, -0.05) is 0 Å². The number of hydrogen-bond acceptors (Lipinski definition) is 3. The molecular weight excluding hydrogens is 258 g/mol. The number of carbonyl (C=O) groups is 3. The molecule has 0 spiro atoms. The Bertz CT molecular complexity index is 401. The van der Waals surface area contributed by atoms with Gasteiger partial charge in [-0.2, -0.15) is 0 Å². The number of hydrogen-bond donors (Lipinski definition) is 1. The Kier molecular flexibility index (Phi) is 5.14. The maximum absolute atomic E-state index is 12.2. The SMILES string of the molecule is CCN1CC(C(=O)N(C)CC(=O)NC(C)(C)C)CC1=O. The van der Waals surface area contributed by atoms with Crippen molar-refractivity contribution in [3.05, 3.63) is 0 Å². The van der Waals surface area contributed by atoms with Gasteiger partial charge in [0.15, 0.2) is 0 Å². The van der Waals surface area contributed by atoms with Gasteiger partial charge in [0.25, 0.3) is 0 Å². The van der Waals surface area contributed by atoms with Crippen LogP contribution in [0.4, 0.5) is 0 Å². The van der Waals surface area contributed by atoms with Crippen LogP contribution < -0.4 is 5.32 Å². The Morgan fingerprint density at radius 3 is 2.45 bits per heavy atom. The van der Waals surface area contributed by atoms with Crippen LogP contribution in [-0.4, -0.2) is 59.7 Å². The summed E-state index contributed by atoms with van der Waals surface area (Å²) in [4.78, 5) is 38.7. The molecule has 1 N–H and O–H groups in total. The molecule has 0 aliphatic carbocycles. The normalized spacial score (nSPS) is 19.1. The largest absolute Gasteiger partial charge is 0.350 e. The van der Waals surface area contributed by atoms with E-state index < -0.39 is 0 Å². The zero-order valence-electron chi connectivity index (χ0n) is 13.0. The van der Waals surface area contributed by atoms with Gasteiger partial charge in [0, 0.05) is 32.1 Å². The predicted octanol–water partition coefficient (Wildman–Crippen LogP) is 0.228. The number of amides is 3. The molecule has 0 saturated carbocycles. The van der Waals surface area contributed by atoms with Crippen molar-refractivity contribution in [2.24, 2.45) is 5.92 Å². The van der Waals surface area contributed by atoms with Gasteiger partial charge in [0.05, 0.1) is 12.5 Å². The summed E-state index contributed by atoms with van der Waals surface area (Å²) in [6, 6.07) is 0. The maximum Gasteiger partial charge on any atom is 0.240 e. The van der Waals surface area contributed by atoms with Crippen LogP contribution in [0.1, 0.15) is 34.1 Å². The average Bonchev–Trinajstić information content (AvgIpc) is 2.66.